The number of carbonyl (C=O) groups excluding carboxylic acids is 1. The normalized spacial score (nSPS) is 24.3. The summed E-state index contributed by atoms with van der Waals surface area (Å²) < 4.78 is 0. The molecule has 2 fully saturated rings. The number of carboxylic acids is 1. The largest absolute Gasteiger partial charge is 0.481 e. The Hall–Kier alpha value is -1.10. The highest BCUT2D eigenvalue weighted by Gasteiger charge is 2.44. The molecule has 0 bridgehead atoms. The predicted octanol–water partition coefficient (Wildman–Crippen LogP) is 1.41. The second-order valence-electron chi connectivity index (χ2n) is 6.32. The first-order valence-electron chi connectivity index (χ1n) is 7.25. The molecule has 2 aliphatic carbocycles. The zero-order valence-corrected chi connectivity index (χ0v) is 11.4. The fraction of sp³-hybridized carbons (Fsp3) is 0.857. The van der Waals surface area contributed by atoms with Crippen LogP contribution in [-0.2, 0) is 9.59 Å². The molecular formula is C14H24N2O3. The van der Waals surface area contributed by atoms with Gasteiger partial charge in [-0.25, -0.2) is 0 Å². The molecule has 5 nitrogen and oxygen atoms in total. The van der Waals surface area contributed by atoms with Crippen LogP contribution in [0.4, 0.5) is 0 Å². The number of carboxylic acid groups (broad SMARTS) is 1. The van der Waals surface area contributed by atoms with Gasteiger partial charge in [-0.15, -0.1) is 0 Å². The maximum atomic E-state index is 11.9. The minimum Gasteiger partial charge on any atom is -0.481 e. The van der Waals surface area contributed by atoms with E-state index in [1.165, 1.54) is 6.42 Å². The average molecular weight is 268 g/mol. The zero-order chi connectivity index (χ0) is 13.9. The number of aliphatic carboxylic acids is 1. The van der Waals surface area contributed by atoms with Crippen LogP contribution in [0.3, 0.4) is 0 Å². The molecule has 5 heteroatoms. The molecule has 1 amide bonds. The summed E-state index contributed by atoms with van der Waals surface area (Å²) in [5.41, 5.74) is 5.13. The Morgan fingerprint density at radius 3 is 2.16 bits per heavy atom. The molecule has 0 aromatic rings. The van der Waals surface area contributed by atoms with E-state index in [4.69, 9.17) is 5.73 Å². The summed E-state index contributed by atoms with van der Waals surface area (Å²) in [5, 5.41) is 12.0. The molecule has 0 aromatic heterocycles. The third-order valence-electron chi connectivity index (χ3n) is 4.75. The molecule has 0 aliphatic heterocycles. The van der Waals surface area contributed by atoms with Crippen molar-refractivity contribution in [2.45, 2.75) is 63.3 Å². The summed E-state index contributed by atoms with van der Waals surface area (Å²) in [6.07, 6.45) is 7.74. The minimum atomic E-state index is -0.792. The van der Waals surface area contributed by atoms with Crippen LogP contribution in [0.25, 0.3) is 0 Å². The van der Waals surface area contributed by atoms with Crippen LogP contribution < -0.4 is 11.1 Å². The Morgan fingerprint density at radius 2 is 1.68 bits per heavy atom. The molecule has 0 spiro atoms. The van der Waals surface area contributed by atoms with Crippen molar-refractivity contribution in [2.24, 2.45) is 11.1 Å². The summed E-state index contributed by atoms with van der Waals surface area (Å²) in [4.78, 5) is 23.1. The topological polar surface area (TPSA) is 92.4 Å². The van der Waals surface area contributed by atoms with Gasteiger partial charge in [-0.3, -0.25) is 9.59 Å². The van der Waals surface area contributed by atoms with Crippen molar-refractivity contribution in [1.82, 2.24) is 5.32 Å². The van der Waals surface area contributed by atoms with Gasteiger partial charge in [0.25, 0.3) is 0 Å². The monoisotopic (exact) mass is 268 g/mol. The lowest BCUT2D eigenvalue weighted by atomic mass is 9.68. The summed E-state index contributed by atoms with van der Waals surface area (Å²) in [7, 11) is 0. The van der Waals surface area contributed by atoms with Crippen molar-refractivity contribution in [3.8, 4) is 0 Å². The van der Waals surface area contributed by atoms with Crippen LogP contribution >= 0.6 is 0 Å². The highest BCUT2D eigenvalue weighted by Crippen LogP contribution is 2.40. The lowest BCUT2D eigenvalue weighted by Gasteiger charge is -2.38. The SMILES string of the molecule is NC1(CC(=O)NCC2(C(=O)O)CCC2)CCCCC1. The Kier molecular flexibility index (Phi) is 4.13. The molecule has 2 rings (SSSR count). The zero-order valence-electron chi connectivity index (χ0n) is 11.4. The Balaban J connectivity index is 1.79. The molecule has 108 valence electrons. The van der Waals surface area contributed by atoms with Crippen LogP contribution in [-0.4, -0.2) is 29.1 Å². The minimum absolute atomic E-state index is 0.100. The van der Waals surface area contributed by atoms with Crippen molar-refractivity contribution in [3.63, 3.8) is 0 Å². The third kappa shape index (κ3) is 3.26. The molecule has 0 aromatic carbocycles. The highest BCUT2D eigenvalue weighted by atomic mass is 16.4. The van der Waals surface area contributed by atoms with Gasteiger partial charge in [0.2, 0.25) is 5.91 Å². The van der Waals surface area contributed by atoms with Gasteiger partial charge < -0.3 is 16.2 Å². The van der Waals surface area contributed by atoms with E-state index in [1.807, 2.05) is 0 Å². The lowest BCUT2D eigenvalue weighted by molar-refractivity contribution is -0.154. The summed E-state index contributed by atoms with van der Waals surface area (Å²) >= 11 is 0. The van der Waals surface area contributed by atoms with Crippen LogP contribution in [0, 0.1) is 5.41 Å². The maximum absolute atomic E-state index is 11.9. The van der Waals surface area contributed by atoms with Gasteiger partial charge in [0.15, 0.2) is 0 Å². The second-order valence-corrected chi connectivity index (χ2v) is 6.32. The number of hydrogen-bond acceptors (Lipinski definition) is 3. The number of hydrogen-bond donors (Lipinski definition) is 3. The molecule has 0 radical (unpaired) electrons. The van der Waals surface area contributed by atoms with Gasteiger partial charge in [0, 0.05) is 18.5 Å². The summed E-state index contributed by atoms with van der Waals surface area (Å²) in [6, 6.07) is 0. The van der Waals surface area contributed by atoms with Crippen molar-refractivity contribution in [1.29, 1.82) is 0 Å². The van der Waals surface area contributed by atoms with Gasteiger partial charge >= 0.3 is 5.97 Å². The van der Waals surface area contributed by atoms with Gasteiger partial charge in [0.1, 0.15) is 0 Å². The van der Waals surface area contributed by atoms with E-state index in [1.54, 1.807) is 0 Å². The second kappa shape index (κ2) is 5.49. The van der Waals surface area contributed by atoms with Crippen LogP contribution in [0.15, 0.2) is 0 Å². The fourth-order valence-corrected chi connectivity index (χ4v) is 3.15. The number of amides is 1. The van der Waals surface area contributed by atoms with E-state index < -0.39 is 11.4 Å². The smallest absolute Gasteiger partial charge is 0.311 e. The van der Waals surface area contributed by atoms with Crippen LogP contribution in [0.1, 0.15) is 57.8 Å². The quantitative estimate of drug-likeness (QED) is 0.703. The molecule has 2 aliphatic rings. The predicted molar refractivity (Wildman–Crippen MR) is 71.5 cm³/mol. The van der Waals surface area contributed by atoms with Gasteiger partial charge in [-0.05, 0) is 25.7 Å². The van der Waals surface area contributed by atoms with Crippen LogP contribution in [0.5, 0.6) is 0 Å². The molecular weight excluding hydrogens is 244 g/mol. The fourth-order valence-electron chi connectivity index (χ4n) is 3.15. The Morgan fingerprint density at radius 1 is 1.05 bits per heavy atom. The van der Waals surface area contributed by atoms with E-state index in [2.05, 4.69) is 5.32 Å². The molecule has 0 atom stereocenters. The summed E-state index contributed by atoms with van der Waals surface area (Å²) in [6.45, 7) is 0.247. The molecule has 0 heterocycles. The molecule has 4 N–H and O–H groups in total. The van der Waals surface area contributed by atoms with Crippen molar-refractivity contribution >= 4 is 11.9 Å². The highest BCUT2D eigenvalue weighted by molar-refractivity contribution is 5.80. The first kappa shape index (κ1) is 14.3. The van der Waals surface area contributed by atoms with E-state index in [0.29, 0.717) is 19.3 Å². The first-order chi connectivity index (χ1) is 8.96. The van der Waals surface area contributed by atoms with E-state index >= 15 is 0 Å². The van der Waals surface area contributed by atoms with E-state index in [-0.39, 0.29) is 18.0 Å². The number of carbonyl (C=O) groups is 2. The number of nitrogens with two attached hydrogens (primary N) is 1. The molecule has 19 heavy (non-hydrogen) atoms. The maximum Gasteiger partial charge on any atom is 0.311 e. The van der Waals surface area contributed by atoms with Crippen molar-refractivity contribution < 1.29 is 14.7 Å². The van der Waals surface area contributed by atoms with Gasteiger partial charge in [0.05, 0.1) is 5.41 Å². The Labute approximate surface area is 113 Å². The lowest BCUT2D eigenvalue weighted by Crippen LogP contribution is -2.50. The summed E-state index contributed by atoms with van der Waals surface area (Å²) in [5.74, 6) is -0.892. The van der Waals surface area contributed by atoms with Crippen LogP contribution in [0.2, 0.25) is 0 Å². The molecule has 0 saturated heterocycles. The molecule has 2 saturated carbocycles. The van der Waals surface area contributed by atoms with Crippen molar-refractivity contribution in [2.75, 3.05) is 6.54 Å². The van der Waals surface area contributed by atoms with E-state index in [0.717, 1.165) is 32.1 Å². The average Bonchev–Trinajstić information content (AvgIpc) is 2.27. The van der Waals surface area contributed by atoms with Gasteiger partial charge in [-0.1, -0.05) is 25.7 Å². The molecule has 0 unspecified atom stereocenters. The first-order valence-corrected chi connectivity index (χ1v) is 7.25. The van der Waals surface area contributed by atoms with Crippen molar-refractivity contribution in [3.05, 3.63) is 0 Å². The Bertz CT molecular complexity index is 358. The van der Waals surface area contributed by atoms with Gasteiger partial charge in [-0.2, -0.15) is 0 Å². The number of rotatable bonds is 5. The third-order valence-corrected chi connectivity index (χ3v) is 4.75. The standard InChI is InChI=1S/C14H24N2O3/c15-14(7-2-1-3-8-14)9-11(17)16-10-13(12(18)19)5-4-6-13/h1-10,15H2,(H,16,17)(H,18,19). The number of nitrogens with one attached hydrogen (secondary N) is 1. The van der Waals surface area contributed by atoms with E-state index in [9.17, 15) is 14.7 Å².